The normalized spacial score (nSPS) is 11.8. The van der Waals surface area contributed by atoms with Crippen molar-refractivity contribution >= 4 is 17.5 Å². The summed E-state index contributed by atoms with van der Waals surface area (Å²) in [6.45, 7) is 5.74. The Morgan fingerprint density at radius 1 is 1.24 bits per heavy atom. The Morgan fingerprint density at radius 2 is 1.92 bits per heavy atom. The van der Waals surface area contributed by atoms with E-state index in [-0.39, 0.29) is 19.0 Å². The van der Waals surface area contributed by atoms with E-state index in [1.807, 2.05) is 0 Å². The molecule has 0 aliphatic carbocycles. The number of amides is 1. The largest absolute Gasteiger partial charge is 0.435 e. The van der Waals surface area contributed by atoms with Gasteiger partial charge in [-0.1, -0.05) is 11.6 Å². The number of alkyl halides is 3. The van der Waals surface area contributed by atoms with Crippen LogP contribution in [-0.2, 0) is 24.1 Å². The van der Waals surface area contributed by atoms with E-state index in [0.717, 1.165) is 6.07 Å². The molecule has 1 N–H and O–H groups in total. The Balaban J connectivity index is 1.80. The fourth-order valence-electron chi connectivity index (χ4n) is 2.35. The second kappa shape index (κ2) is 7.47. The molecule has 1 amide bonds. The molecule has 0 aromatic carbocycles. The van der Waals surface area contributed by atoms with Gasteiger partial charge in [0.2, 0.25) is 5.91 Å². The van der Waals surface area contributed by atoms with Crippen LogP contribution in [0.5, 0.6) is 0 Å². The van der Waals surface area contributed by atoms with Crippen molar-refractivity contribution in [2.24, 2.45) is 0 Å². The Morgan fingerprint density at radius 3 is 2.44 bits per heavy atom. The van der Waals surface area contributed by atoms with Gasteiger partial charge in [-0.3, -0.25) is 14.2 Å². The van der Waals surface area contributed by atoms with Gasteiger partial charge in [0.15, 0.2) is 5.69 Å². The molecule has 2 aromatic rings. The zero-order valence-corrected chi connectivity index (χ0v) is 14.9. The summed E-state index contributed by atoms with van der Waals surface area (Å²) in [5.41, 5.74) is 0.883. The molecule has 0 bridgehead atoms. The van der Waals surface area contributed by atoms with E-state index in [1.165, 1.54) is 9.36 Å². The van der Waals surface area contributed by atoms with E-state index in [1.54, 1.807) is 20.8 Å². The molecule has 2 heterocycles. The fraction of sp³-hybridized carbons (Fsp3) is 0.533. The first-order valence-corrected chi connectivity index (χ1v) is 8.05. The van der Waals surface area contributed by atoms with Crippen LogP contribution >= 0.6 is 11.6 Å². The number of halogens is 4. The number of hydrogen-bond donors (Lipinski definition) is 1. The molecule has 0 radical (unpaired) electrons. The van der Waals surface area contributed by atoms with E-state index in [4.69, 9.17) is 11.6 Å². The summed E-state index contributed by atoms with van der Waals surface area (Å²) < 4.78 is 40.6. The minimum atomic E-state index is -4.45. The molecule has 10 heteroatoms. The minimum Gasteiger partial charge on any atom is -0.354 e. The van der Waals surface area contributed by atoms with E-state index >= 15 is 0 Å². The second-order valence-electron chi connectivity index (χ2n) is 5.74. The average Bonchev–Trinajstić information content (AvgIpc) is 3.00. The number of aromatic nitrogens is 4. The second-order valence-corrected chi connectivity index (χ2v) is 6.12. The molecule has 6 nitrogen and oxygen atoms in total. The lowest BCUT2D eigenvalue weighted by atomic mass is 10.3. The zero-order valence-electron chi connectivity index (χ0n) is 14.1. The maximum atomic E-state index is 12.6. The average molecular weight is 378 g/mol. The van der Waals surface area contributed by atoms with E-state index in [0.29, 0.717) is 35.1 Å². The number of nitrogens with one attached hydrogen (secondary N) is 1. The Hall–Kier alpha value is -2.03. The van der Waals surface area contributed by atoms with Crippen LogP contribution in [0.4, 0.5) is 13.2 Å². The molecule has 2 aromatic heterocycles. The van der Waals surface area contributed by atoms with Gasteiger partial charge in [0, 0.05) is 18.8 Å². The van der Waals surface area contributed by atoms with Crippen molar-refractivity contribution in [3.05, 3.63) is 33.9 Å². The van der Waals surface area contributed by atoms with Gasteiger partial charge < -0.3 is 5.32 Å². The predicted octanol–water partition coefficient (Wildman–Crippen LogP) is 2.88. The van der Waals surface area contributed by atoms with Gasteiger partial charge in [-0.05, 0) is 33.3 Å². The molecule has 0 unspecified atom stereocenters. The number of carbonyl (C=O) groups is 1. The third-order valence-electron chi connectivity index (χ3n) is 3.73. The molecule has 138 valence electrons. The molecule has 0 spiro atoms. The number of carbonyl (C=O) groups excluding carboxylic acids is 1. The molecule has 25 heavy (non-hydrogen) atoms. The highest BCUT2D eigenvalue weighted by Crippen LogP contribution is 2.28. The molecular weight excluding hydrogens is 359 g/mol. The lowest BCUT2D eigenvalue weighted by Gasteiger charge is -2.08. The highest BCUT2D eigenvalue weighted by atomic mass is 35.5. The number of aryl methyl sites for hydroxylation is 3. The SMILES string of the molecule is Cc1nn(CC(=O)NCCCn2nc(C(F)(F)F)cc2C)c(C)c1Cl. The first kappa shape index (κ1) is 19.3. The highest BCUT2D eigenvalue weighted by molar-refractivity contribution is 6.31. The zero-order chi connectivity index (χ0) is 18.8. The Labute approximate surface area is 147 Å². The van der Waals surface area contributed by atoms with Crippen molar-refractivity contribution in [3.8, 4) is 0 Å². The van der Waals surface area contributed by atoms with Crippen molar-refractivity contribution < 1.29 is 18.0 Å². The standard InChI is InChI=1S/C15H19ClF3N5O/c1-9-7-12(15(17,18)19)22-23(9)6-4-5-20-13(25)8-24-11(3)14(16)10(2)21-24/h7H,4-6,8H2,1-3H3,(H,20,25). The molecule has 0 aliphatic rings. The summed E-state index contributed by atoms with van der Waals surface area (Å²) in [6, 6.07) is 1.01. The van der Waals surface area contributed by atoms with Gasteiger partial charge in [0.1, 0.15) is 6.54 Å². The third-order valence-corrected chi connectivity index (χ3v) is 4.27. The van der Waals surface area contributed by atoms with E-state index in [2.05, 4.69) is 15.5 Å². The maximum Gasteiger partial charge on any atom is 0.435 e. The lowest BCUT2D eigenvalue weighted by molar-refractivity contribution is -0.141. The summed E-state index contributed by atoms with van der Waals surface area (Å²) >= 11 is 6.02. The number of nitrogens with zero attached hydrogens (tertiary/aromatic N) is 4. The molecule has 2 rings (SSSR count). The predicted molar refractivity (Wildman–Crippen MR) is 86.3 cm³/mol. The molecular formula is C15H19ClF3N5O. The van der Waals surface area contributed by atoms with Crippen LogP contribution in [0, 0.1) is 20.8 Å². The van der Waals surface area contributed by atoms with Gasteiger partial charge in [-0.15, -0.1) is 0 Å². The summed E-state index contributed by atoms with van der Waals surface area (Å²) in [4.78, 5) is 11.9. The summed E-state index contributed by atoms with van der Waals surface area (Å²) in [6.07, 6.45) is -3.99. The summed E-state index contributed by atoms with van der Waals surface area (Å²) in [7, 11) is 0. The lowest BCUT2D eigenvalue weighted by Crippen LogP contribution is -2.29. The van der Waals surface area contributed by atoms with Crippen LogP contribution in [0.15, 0.2) is 6.07 Å². The van der Waals surface area contributed by atoms with Gasteiger partial charge in [-0.25, -0.2) is 0 Å². The van der Waals surface area contributed by atoms with Crippen LogP contribution in [0.2, 0.25) is 5.02 Å². The molecule has 0 aliphatic heterocycles. The number of rotatable bonds is 6. The third kappa shape index (κ3) is 4.75. The van der Waals surface area contributed by atoms with Crippen LogP contribution < -0.4 is 5.32 Å². The van der Waals surface area contributed by atoms with Crippen molar-refractivity contribution in [2.75, 3.05) is 6.54 Å². The van der Waals surface area contributed by atoms with Crippen molar-refractivity contribution in [3.63, 3.8) is 0 Å². The monoisotopic (exact) mass is 377 g/mol. The topological polar surface area (TPSA) is 64.7 Å². The van der Waals surface area contributed by atoms with Gasteiger partial charge in [0.05, 0.1) is 16.4 Å². The quantitative estimate of drug-likeness (QED) is 0.787. The summed E-state index contributed by atoms with van der Waals surface area (Å²) in [5, 5.41) is 10.9. The van der Waals surface area contributed by atoms with Gasteiger partial charge >= 0.3 is 6.18 Å². The molecule has 0 atom stereocenters. The fourth-order valence-corrected chi connectivity index (χ4v) is 2.49. The first-order valence-electron chi connectivity index (χ1n) is 7.67. The smallest absolute Gasteiger partial charge is 0.354 e. The number of hydrogen-bond acceptors (Lipinski definition) is 3. The highest BCUT2D eigenvalue weighted by Gasteiger charge is 2.34. The van der Waals surface area contributed by atoms with Crippen LogP contribution in [0.1, 0.15) is 29.2 Å². The van der Waals surface area contributed by atoms with Gasteiger partial charge in [0.25, 0.3) is 0 Å². The first-order chi connectivity index (χ1) is 11.6. The van der Waals surface area contributed by atoms with E-state index < -0.39 is 11.9 Å². The molecule has 0 fully saturated rings. The van der Waals surface area contributed by atoms with Crippen molar-refractivity contribution in [2.45, 2.75) is 46.5 Å². The minimum absolute atomic E-state index is 0.0401. The molecule has 0 saturated heterocycles. The van der Waals surface area contributed by atoms with Gasteiger partial charge in [-0.2, -0.15) is 23.4 Å². The van der Waals surface area contributed by atoms with Crippen molar-refractivity contribution in [1.82, 2.24) is 24.9 Å². The summed E-state index contributed by atoms with van der Waals surface area (Å²) in [5.74, 6) is -0.240. The van der Waals surface area contributed by atoms with Crippen LogP contribution in [0.25, 0.3) is 0 Å². The van der Waals surface area contributed by atoms with Crippen LogP contribution in [0.3, 0.4) is 0 Å². The van der Waals surface area contributed by atoms with Crippen molar-refractivity contribution in [1.29, 1.82) is 0 Å². The Kier molecular flexibility index (Phi) is 5.76. The van der Waals surface area contributed by atoms with E-state index in [9.17, 15) is 18.0 Å². The Bertz CT molecular complexity index is 766. The maximum absolute atomic E-state index is 12.6. The molecule has 0 saturated carbocycles. The van der Waals surface area contributed by atoms with Crippen LogP contribution in [-0.4, -0.2) is 32.0 Å².